The predicted molar refractivity (Wildman–Crippen MR) is 109 cm³/mol. The molecule has 1 N–H and O–H groups in total. The average Bonchev–Trinajstić information content (AvgIpc) is 2.75. The highest BCUT2D eigenvalue weighted by atomic mass is 32.2. The molecule has 0 spiro atoms. The molecule has 7 heteroatoms. The minimum atomic E-state index is -3.81. The Morgan fingerprint density at radius 2 is 1.64 bits per heavy atom. The van der Waals surface area contributed by atoms with E-state index in [1.807, 2.05) is 42.5 Å². The summed E-state index contributed by atoms with van der Waals surface area (Å²) in [5.74, 6) is 0.769. The molecule has 0 saturated carbocycles. The Bertz CT molecular complexity index is 1220. The highest BCUT2D eigenvalue weighted by Crippen LogP contribution is 2.33. The Hall–Kier alpha value is -3.45. The molecule has 0 fully saturated rings. The maximum Gasteiger partial charge on any atom is 0.279 e. The third kappa shape index (κ3) is 3.39. The van der Waals surface area contributed by atoms with Gasteiger partial charge in [0, 0.05) is 17.8 Å². The van der Waals surface area contributed by atoms with Gasteiger partial charge in [0.15, 0.2) is 5.03 Å². The van der Waals surface area contributed by atoms with Crippen molar-refractivity contribution in [3.63, 3.8) is 0 Å². The second kappa shape index (κ2) is 7.28. The number of rotatable bonds is 5. The molecule has 2 aromatic heterocycles. The first-order valence-corrected chi connectivity index (χ1v) is 10.0. The van der Waals surface area contributed by atoms with Gasteiger partial charge in [-0.2, -0.15) is 8.42 Å². The molecule has 0 aliphatic heterocycles. The summed E-state index contributed by atoms with van der Waals surface area (Å²) in [5, 5.41) is 0.798. The number of fused-ring (bicyclic) bond motifs is 1. The summed E-state index contributed by atoms with van der Waals surface area (Å²) in [6.07, 6.45) is 3.08. The van der Waals surface area contributed by atoms with Crippen LogP contribution in [0.2, 0.25) is 0 Å². The number of pyridine rings is 2. The van der Waals surface area contributed by atoms with E-state index < -0.39 is 10.0 Å². The van der Waals surface area contributed by atoms with Gasteiger partial charge < -0.3 is 4.74 Å². The molecule has 2 aromatic carbocycles. The molecular formula is C21H17N3O3S. The van der Waals surface area contributed by atoms with E-state index in [1.54, 1.807) is 31.5 Å². The molecule has 28 heavy (non-hydrogen) atoms. The Labute approximate surface area is 162 Å². The van der Waals surface area contributed by atoms with Crippen LogP contribution in [0.5, 0.6) is 5.75 Å². The molecule has 2 heterocycles. The van der Waals surface area contributed by atoms with Crippen LogP contribution in [0.1, 0.15) is 0 Å². The molecule has 4 aromatic rings. The van der Waals surface area contributed by atoms with E-state index >= 15 is 0 Å². The van der Waals surface area contributed by atoms with Gasteiger partial charge in [0.2, 0.25) is 0 Å². The van der Waals surface area contributed by atoms with Gasteiger partial charge in [0.05, 0.1) is 18.3 Å². The largest absolute Gasteiger partial charge is 0.497 e. The molecule has 0 aliphatic rings. The fourth-order valence-corrected chi connectivity index (χ4v) is 4.00. The zero-order chi connectivity index (χ0) is 19.6. The van der Waals surface area contributed by atoms with Gasteiger partial charge in [-0.15, -0.1) is 0 Å². The summed E-state index contributed by atoms with van der Waals surface area (Å²) >= 11 is 0. The van der Waals surface area contributed by atoms with Crippen LogP contribution in [0.4, 0.5) is 5.69 Å². The third-order valence-corrected chi connectivity index (χ3v) is 5.61. The van der Waals surface area contributed by atoms with Crippen LogP contribution < -0.4 is 9.46 Å². The molecule has 0 radical (unpaired) electrons. The first kappa shape index (κ1) is 17.9. The van der Waals surface area contributed by atoms with Crippen LogP contribution in [-0.2, 0) is 10.0 Å². The number of benzene rings is 2. The van der Waals surface area contributed by atoms with Gasteiger partial charge in [0.25, 0.3) is 10.0 Å². The van der Waals surface area contributed by atoms with Crippen LogP contribution in [0.25, 0.3) is 22.0 Å². The van der Waals surface area contributed by atoms with Crippen molar-refractivity contribution in [2.45, 2.75) is 5.03 Å². The summed E-state index contributed by atoms with van der Waals surface area (Å²) in [7, 11) is -2.19. The zero-order valence-corrected chi connectivity index (χ0v) is 15.8. The van der Waals surface area contributed by atoms with Gasteiger partial charge in [-0.05, 0) is 47.5 Å². The van der Waals surface area contributed by atoms with Gasteiger partial charge in [0.1, 0.15) is 5.75 Å². The van der Waals surface area contributed by atoms with Crippen molar-refractivity contribution in [2.75, 3.05) is 11.8 Å². The average molecular weight is 391 g/mol. The molecule has 0 atom stereocenters. The van der Waals surface area contributed by atoms with Crippen molar-refractivity contribution in [2.24, 2.45) is 0 Å². The fraction of sp³-hybridized carbons (Fsp3) is 0.0476. The minimum absolute atomic E-state index is 0.0432. The zero-order valence-electron chi connectivity index (χ0n) is 15.0. The summed E-state index contributed by atoms with van der Waals surface area (Å²) in [5.41, 5.74) is 2.90. The van der Waals surface area contributed by atoms with Crippen molar-refractivity contribution in [1.82, 2.24) is 9.97 Å². The lowest BCUT2D eigenvalue weighted by molar-refractivity contribution is 0.415. The highest BCUT2D eigenvalue weighted by molar-refractivity contribution is 7.92. The Morgan fingerprint density at radius 3 is 2.36 bits per heavy atom. The monoisotopic (exact) mass is 391 g/mol. The lowest BCUT2D eigenvalue weighted by Crippen LogP contribution is -2.14. The Balaban J connectivity index is 1.80. The smallest absolute Gasteiger partial charge is 0.279 e. The molecule has 140 valence electrons. The van der Waals surface area contributed by atoms with Crippen LogP contribution in [0.3, 0.4) is 0 Å². The molecule has 4 rings (SSSR count). The topological polar surface area (TPSA) is 81.2 Å². The van der Waals surface area contributed by atoms with Gasteiger partial charge in [-0.1, -0.05) is 30.3 Å². The number of anilines is 1. The van der Waals surface area contributed by atoms with Crippen molar-refractivity contribution < 1.29 is 13.2 Å². The van der Waals surface area contributed by atoms with Crippen molar-refractivity contribution in [3.05, 3.63) is 79.1 Å². The highest BCUT2D eigenvalue weighted by Gasteiger charge is 2.18. The van der Waals surface area contributed by atoms with Crippen molar-refractivity contribution >= 4 is 26.6 Å². The SMILES string of the molecule is COc1ccc(-c2ccc(NS(=O)(=O)c3ccccn3)c3ncccc23)cc1. The normalized spacial score (nSPS) is 11.3. The van der Waals surface area contributed by atoms with E-state index in [0.717, 1.165) is 22.3 Å². The van der Waals surface area contributed by atoms with Gasteiger partial charge in [-0.3, -0.25) is 9.71 Å². The van der Waals surface area contributed by atoms with Crippen molar-refractivity contribution in [1.29, 1.82) is 0 Å². The first-order chi connectivity index (χ1) is 13.6. The Kier molecular flexibility index (Phi) is 4.67. The predicted octanol–water partition coefficient (Wildman–Crippen LogP) is 4.11. The van der Waals surface area contributed by atoms with Crippen molar-refractivity contribution in [3.8, 4) is 16.9 Å². The first-order valence-electron chi connectivity index (χ1n) is 8.54. The molecule has 0 aliphatic carbocycles. The summed E-state index contributed by atoms with van der Waals surface area (Å²) in [4.78, 5) is 8.33. The molecule has 6 nitrogen and oxygen atoms in total. The summed E-state index contributed by atoms with van der Waals surface area (Å²) in [6, 6.07) is 19.8. The number of sulfonamides is 1. The number of aromatic nitrogens is 2. The summed E-state index contributed by atoms with van der Waals surface area (Å²) in [6.45, 7) is 0. The second-order valence-electron chi connectivity index (χ2n) is 6.06. The third-order valence-electron chi connectivity index (χ3n) is 4.33. The van der Waals surface area contributed by atoms with E-state index in [2.05, 4.69) is 14.7 Å². The van der Waals surface area contributed by atoms with E-state index in [9.17, 15) is 8.42 Å². The molecule has 0 amide bonds. The number of nitrogens with one attached hydrogen (secondary N) is 1. The van der Waals surface area contributed by atoms with Gasteiger partial charge in [-0.25, -0.2) is 4.98 Å². The quantitative estimate of drug-likeness (QED) is 0.554. The maximum atomic E-state index is 12.7. The van der Waals surface area contributed by atoms with E-state index in [0.29, 0.717) is 11.2 Å². The number of methoxy groups -OCH3 is 1. The van der Waals surface area contributed by atoms with Crippen LogP contribution in [0, 0.1) is 0 Å². The van der Waals surface area contributed by atoms with E-state index in [-0.39, 0.29) is 5.03 Å². The molecule has 0 saturated heterocycles. The maximum absolute atomic E-state index is 12.7. The van der Waals surface area contributed by atoms with E-state index in [1.165, 1.54) is 12.3 Å². The lowest BCUT2D eigenvalue weighted by atomic mass is 10.00. The number of hydrogen-bond acceptors (Lipinski definition) is 5. The standard InChI is InChI=1S/C21H17N3O3S/c1-27-16-9-7-15(8-10-16)17-11-12-19(21-18(17)5-4-14-23-21)24-28(25,26)20-6-2-3-13-22-20/h2-14,24H,1H3. The van der Waals surface area contributed by atoms with E-state index in [4.69, 9.17) is 4.74 Å². The minimum Gasteiger partial charge on any atom is -0.497 e. The Morgan fingerprint density at radius 1 is 0.857 bits per heavy atom. The second-order valence-corrected chi connectivity index (χ2v) is 7.69. The molecule has 0 unspecified atom stereocenters. The number of hydrogen-bond donors (Lipinski definition) is 1. The molecular weight excluding hydrogens is 374 g/mol. The number of nitrogens with zero attached hydrogens (tertiary/aromatic N) is 2. The summed E-state index contributed by atoms with van der Waals surface area (Å²) < 4.78 is 33.1. The van der Waals surface area contributed by atoms with Gasteiger partial charge >= 0.3 is 0 Å². The van der Waals surface area contributed by atoms with Crippen LogP contribution in [0.15, 0.2) is 84.1 Å². The fourth-order valence-electron chi connectivity index (χ4n) is 2.98. The molecule has 0 bridgehead atoms. The van der Waals surface area contributed by atoms with Crippen LogP contribution >= 0.6 is 0 Å². The lowest BCUT2D eigenvalue weighted by Gasteiger charge is -2.13. The van der Waals surface area contributed by atoms with Crippen LogP contribution in [-0.4, -0.2) is 25.5 Å². The number of ether oxygens (including phenoxy) is 1.